The van der Waals surface area contributed by atoms with E-state index in [-0.39, 0.29) is 5.56 Å². The molecule has 36 heavy (non-hydrogen) atoms. The van der Waals surface area contributed by atoms with Crippen LogP contribution in [0.4, 0.5) is 5.82 Å². The highest BCUT2D eigenvalue weighted by Crippen LogP contribution is 2.32. The van der Waals surface area contributed by atoms with E-state index >= 15 is 0 Å². The number of nitrogens with zero attached hydrogens (tertiary/aromatic N) is 4. The predicted octanol–water partition coefficient (Wildman–Crippen LogP) is 4.55. The number of nitrogens with one attached hydrogen (secondary N) is 1. The predicted molar refractivity (Wildman–Crippen MR) is 142 cm³/mol. The number of rotatable bonds is 9. The van der Waals surface area contributed by atoms with Crippen molar-refractivity contribution in [1.29, 1.82) is 0 Å². The van der Waals surface area contributed by atoms with Gasteiger partial charge in [-0.25, -0.2) is 14.8 Å². The van der Waals surface area contributed by atoms with Gasteiger partial charge in [-0.05, 0) is 35.7 Å². The summed E-state index contributed by atoms with van der Waals surface area (Å²) in [5, 5.41) is 13.6. The molecule has 3 heterocycles. The van der Waals surface area contributed by atoms with Gasteiger partial charge in [-0.2, -0.15) is 0 Å². The van der Waals surface area contributed by atoms with Gasteiger partial charge in [-0.3, -0.25) is 4.90 Å². The lowest BCUT2D eigenvalue weighted by molar-refractivity contribution is 0.0342. The van der Waals surface area contributed by atoms with Gasteiger partial charge in [0, 0.05) is 45.0 Å². The Labute approximate surface area is 210 Å². The molecule has 0 bridgehead atoms. The second-order valence-corrected chi connectivity index (χ2v) is 9.37. The molecule has 1 aliphatic heterocycles. The summed E-state index contributed by atoms with van der Waals surface area (Å²) in [5.41, 5.74) is 5.19. The third-order valence-corrected chi connectivity index (χ3v) is 6.87. The van der Waals surface area contributed by atoms with Gasteiger partial charge in [0.25, 0.3) is 0 Å². The van der Waals surface area contributed by atoms with Crippen LogP contribution in [-0.2, 0) is 24.2 Å². The highest BCUT2D eigenvalue weighted by Gasteiger charge is 2.19. The normalized spacial score (nSPS) is 14.5. The minimum Gasteiger partial charge on any atom is -0.478 e. The van der Waals surface area contributed by atoms with E-state index in [0.717, 1.165) is 74.4 Å². The number of aromatic nitrogens is 3. The number of carboxylic acid groups (broad SMARTS) is 1. The van der Waals surface area contributed by atoms with Crippen LogP contribution in [0.5, 0.6) is 0 Å². The highest BCUT2D eigenvalue weighted by molar-refractivity contribution is 6.08. The third-order valence-electron chi connectivity index (χ3n) is 6.87. The number of fused-ring (bicyclic) bond motifs is 3. The van der Waals surface area contributed by atoms with Crippen molar-refractivity contribution < 1.29 is 14.6 Å². The van der Waals surface area contributed by atoms with Crippen LogP contribution in [0.3, 0.4) is 0 Å². The average molecular weight is 488 g/mol. The van der Waals surface area contributed by atoms with Gasteiger partial charge in [-0.1, -0.05) is 37.6 Å². The maximum absolute atomic E-state index is 11.6. The summed E-state index contributed by atoms with van der Waals surface area (Å²) in [5.74, 6) is 0.730. The first-order chi connectivity index (χ1) is 17.6. The molecule has 0 atom stereocenters. The first-order valence-corrected chi connectivity index (χ1v) is 12.7. The minimum absolute atomic E-state index is 0.226. The van der Waals surface area contributed by atoms with Crippen molar-refractivity contribution in [3.05, 3.63) is 65.0 Å². The molecule has 0 amide bonds. The number of imidazole rings is 1. The summed E-state index contributed by atoms with van der Waals surface area (Å²) >= 11 is 0. The molecule has 0 saturated carbocycles. The summed E-state index contributed by atoms with van der Waals surface area (Å²) in [7, 11) is 1.83. The van der Waals surface area contributed by atoms with Crippen LogP contribution >= 0.6 is 0 Å². The fourth-order valence-corrected chi connectivity index (χ4v) is 4.89. The first kappa shape index (κ1) is 24.2. The summed E-state index contributed by atoms with van der Waals surface area (Å²) in [6.45, 7) is 7.37. The number of carbonyl (C=O) groups is 1. The molecule has 1 saturated heterocycles. The number of aromatic carboxylic acids is 1. The second kappa shape index (κ2) is 10.6. The van der Waals surface area contributed by atoms with Crippen molar-refractivity contribution in [3.63, 3.8) is 0 Å². The molecule has 0 radical (unpaired) electrons. The quantitative estimate of drug-likeness (QED) is 0.358. The van der Waals surface area contributed by atoms with Crippen molar-refractivity contribution in [2.24, 2.45) is 0 Å². The van der Waals surface area contributed by atoms with Gasteiger partial charge in [-0.15, -0.1) is 0 Å². The first-order valence-electron chi connectivity index (χ1n) is 12.7. The smallest absolute Gasteiger partial charge is 0.335 e. The Morgan fingerprint density at radius 1 is 1.06 bits per heavy atom. The van der Waals surface area contributed by atoms with E-state index in [1.54, 1.807) is 12.1 Å². The number of benzene rings is 2. The van der Waals surface area contributed by atoms with E-state index in [9.17, 15) is 9.90 Å². The SMILES string of the molecule is CCCCc1nc2c(NC)nc3cc(C(=O)O)ccc3c2n1Cc1ccc(CN2CCOCC2)cc1. The van der Waals surface area contributed by atoms with Crippen molar-refractivity contribution in [3.8, 4) is 0 Å². The molecular weight excluding hydrogens is 454 g/mol. The number of carboxylic acids is 1. The molecule has 2 N–H and O–H groups in total. The van der Waals surface area contributed by atoms with Crippen LogP contribution in [0.2, 0.25) is 0 Å². The fraction of sp³-hybridized carbons (Fsp3) is 0.393. The lowest BCUT2D eigenvalue weighted by Crippen LogP contribution is -2.35. The molecule has 0 spiro atoms. The number of unbranched alkanes of at least 4 members (excludes halogenated alkanes) is 1. The molecule has 1 aliphatic rings. The van der Waals surface area contributed by atoms with Crippen molar-refractivity contribution in [2.75, 3.05) is 38.7 Å². The molecule has 8 heteroatoms. The van der Waals surface area contributed by atoms with Crippen molar-refractivity contribution in [2.45, 2.75) is 39.3 Å². The molecule has 2 aromatic heterocycles. The monoisotopic (exact) mass is 487 g/mol. The van der Waals surface area contributed by atoms with E-state index in [0.29, 0.717) is 17.9 Å². The number of anilines is 1. The van der Waals surface area contributed by atoms with Crippen molar-refractivity contribution in [1.82, 2.24) is 19.4 Å². The van der Waals surface area contributed by atoms with Gasteiger partial charge >= 0.3 is 5.97 Å². The zero-order valence-electron chi connectivity index (χ0n) is 21.0. The standard InChI is InChI=1S/C28H33N5O3/c1-3-4-5-24-31-25-26(22-11-10-21(28(34)35)16-23(22)30-27(25)29-2)33(24)18-20-8-6-19(7-9-20)17-32-12-14-36-15-13-32/h6-11,16H,3-5,12-15,17-18H2,1-2H3,(H,29,30)(H,34,35). The van der Waals surface area contributed by atoms with Gasteiger partial charge in [0.05, 0.1) is 29.8 Å². The Morgan fingerprint density at radius 2 is 1.78 bits per heavy atom. The molecule has 0 aliphatic carbocycles. The number of aryl methyl sites for hydroxylation is 1. The lowest BCUT2D eigenvalue weighted by atomic mass is 10.1. The van der Waals surface area contributed by atoms with E-state index in [1.807, 2.05) is 13.1 Å². The highest BCUT2D eigenvalue weighted by atomic mass is 16.5. The van der Waals surface area contributed by atoms with Gasteiger partial charge in [0.15, 0.2) is 5.82 Å². The maximum Gasteiger partial charge on any atom is 0.335 e. The number of ether oxygens (including phenoxy) is 1. The van der Waals surface area contributed by atoms with Gasteiger partial charge in [0.1, 0.15) is 11.3 Å². The van der Waals surface area contributed by atoms with Crippen LogP contribution in [0.25, 0.3) is 21.9 Å². The third kappa shape index (κ3) is 4.92. The molecule has 4 aromatic rings. The Morgan fingerprint density at radius 3 is 2.44 bits per heavy atom. The molecular formula is C28H33N5O3. The number of hydrogen-bond donors (Lipinski definition) is 2. The van der Waals surface area contributed by atoms with Crippen LogP contribution in [0.1, 0.15) is 47.1 Å². The topological polar surface area (TPSA) is 92.5 Å². The van der Waals surface area contributed by atoms with Gasteiger partial charge in [0.2, 0.25) is 0 Å². The van der Waals surface area contributed by atoms with Crippen molar-refractivity contribution >= 4 is 33.7 Å². The van der Waals surface area contributed by atoms with Crippen LogP contribution in [-0.4, -0.2) is 63.9 Å². The number of morpholine rings is 1. The van der Waals surface area contributed by atoms with E-state index in [1.165, 1.54) is 11.1 Å². The fourth-order valence-electron chi connectivity index (χ4n) is 4.89. The van der Waals surface area contributed by atoms with E-state index in [4.69, 9.17) is 14.7 Å². The number of hydrogen-bond acceptors (Lipinski definition) is 6. The summed E-state index contributed by atoms with van der Waals surface area (Å²) < 4.78 is 7.75. The minimum atomic E-state index is -0.959. The molecule has 5 rings (SSSR count). The van der Waals surface area contributed by atoms with E-state index < -0.39 is 5.97 Å². The summed E-state index contributed by atoms with van der Waals surface area (Å²) in [4.78, 5) is 23.7. The number of pyridine rings is 1. The Kier molecular flexibility index (Phi) is 7.16. The Bertz CT molecular complexity index is 1370. The molecule has 2 aromatic carbocycles. The summed E-state index contributed by atoms with van der Waals surface area (Å²) in [6, 6.07) is 14.0. The zero-order chi connectivity index (χ0) is 25.1. The lowest BCUT2D eigenvalue weighted by Gasteiger charge is -2.26. The second-order valence-electron chi connectivity index (χ2n) is 9.37. The van der Waals surface area contributed by atoms with Gasteiger partial charge < -0.3 is 19.7 Å². The zero-order valence-corrected chi connectivity index (χ0v) is 21.0. The largest absolute Gasteiger partial charge is 0.478 e. The maximum atomic E-state index is 11.6. The van der Waals surface area contributed by atoms with Crippen LogP contribution < -0.4 is 5.32 Å². The Hall–Kier alpha value is -3.49. The molecule has 8 nitrogen and oxygen atoms in total. The Balaban J connectivity index is 1.55. The summed E-state index contributed by atoms with van der Waals surface area (Å²) in [6.07, 6.45) is 3.00. The molecule has 188 valence electrons. The average Bonchev–Trinajstić information content (AvgIpc) is 3.26. The van der Waals surface area contributed by atoms with Crippen LogP contribution in [0, 0.1) is 0 Å². The van der Waals surface area contributed by atoms with Crippen LogP contribution in [0.15, 0.2) is 42.5 Å². The molecule has 0 unspecified atom stereocenters. The molecule has 1 fully saturated rings. The van der Waals surface area contributed by atoms with E-state index in [2.05, 4.69) is 46.0 Å².